The molecule has 2 heterocycles. The van der Waals surface area contributed by atoms with E-state index in [0.717, 1.165) is 22.2 Å². The molecule has 0 aliphatic carbocycles. The van der Waals surface area contributed by atoms with E-state index in [1.807, 2.05) is 78.9 Å². The van der Waals surface area contributed by atoms with Gasteiger partial charge in [-0.3, -0.25) is 4.79 Å². The number of hydrogen-bond donors (Lipinski definition) is 1. The fourth-order valence-corrected chi connectivity index (χ4v) is 3.30. The monoisotopic (exact) mass is 409 g/mol. The highest BCUT2D eigenvalue weighted by Gasteiger charge is 2.11. The molecule has 5 rings (SSSR count). The normalized spacial score (nSPS) is 11.0. The van der Waals surface area contributed by atoms with Gasteiger partial charge in [-0.25, -0.2) is 9.97 Å². The predicted molar refractivity (Wildman–Crippen MR) is 118 cm³/mol. The summed E-state index contributed by atoms with van der Waals surface area (Å²) in [6.45, 7) is 0. The van der Waals surface area contributed by atoms with Gasteiger partial charge < -0.3 is 14.2 Å². The molecule has 1 amide bonds. The zero-order valence-electron chi connectivity index (χ0n) is 16.6. The van der Waals surface area contributed by atoms with E-state index in [1.54, 1.807) is 6.20 Å². The smallest absolute Gasteiger partial charge is 0.227 e. The van der Waals surface area contributed by atoms with Crippen LogP contribution in [0.25, 0.3) is 33.9 Å². The van der Waals surface area contributed by atoms with Crippen molar-refractivity contribution in [2.75, 3.05) is 5.32 Å². The molecule has 0 aliphatic heterocycles. The average Bonchev–Trinajstić information content (AvgIpc) is 3.46. The zero-order valence-corrected chi connectivity index (χ0v) is 16.6. The Hall–Kier alpha value is -4.19. The van der Waals surface area contributed by atoms with Gasteiger partial charge in [0.2, 0.25) is 11.8 Å². The summed E-state index contributed by atoms with van der Waals surface area (Å²) in [5, 5.41) is 2.90. The van der Waals surface area contributed by atoms with E-state index in [-0.39, 0.29) is 12.3 Å². The molecule has 0 saturated carbocycles. The molecular weight excluding hydrogens is 390 g/mol. The highest BCUT2D eigenvalue weighted by atomic mass is 16.4. The highest BCUT2D eigenvalue weighted by Crippen LogP contribution is 2.25. The second-order valence-corrected chi connectivity index (χ2v) is 7.10. The van der Waals surface area contributed by atoms with Gasteiger partial charge in [0.1, 0.15) is 5.52 Å². The average molecular weight is 409 g/mol. The van der Waals surface area contributed by atoms with Crippen molar-refractivity contribution in [3.05, 3.63) is 91.0 Å². The van der Waals surface area contributed by atoms with Crippen LogP contribution < -0.4 is 5.32 Å². The lowest BCUT2D eigenvalue weighted by molar-refractivity contribution is -0.116. The minimum atomic E-state index is -0.103. The Labute approximate surface area is 178 Å². The number of rotatable bonds is 6. The fraction of sp³-hybridized carbons (Fsp3) is 0.0800. The molecule has 2 aromatic heterocycles. The Balaban J connectivity index is 1.18. The van der Waals surface area contributed by atoms with Crippen LogP contribution in [0.1, 0.15) is 12.3 Å². The number of fused-ring (bicyclic) bond motifs is 1. The van der Waals surface area contributed by atoms with Crippen LogP contribution >= 0.6 is 0 Å². The summed E-state index contributed by atoms with van der Waals surface area (Å²) < 4.78 is 11.5. The lowest BCUT2D eigenvalue weighted by Gasteiger charge is -2.05. The number of carbonyl (C=O) groups is 1. The van der Waals surface area contributed by atoms with Crippen LogP contribution in [0.4, 0.5) is 5.69 Å². The van der Waals surface area contributed by atoms with E-state index < -0.39 is 0 Å². The molecule has 6 nitrogen and oxygen atoms in total. The third-order valence-corrected chi connectivity index (χ3v) is 4.89. The van der Waals surface area contributed by atoms with Crippen molar-refractivity contribution in [1.29, 1.82) is 0 Å². The molecule has 0 saturated heterocycles. The first-order valence-electron chi connectivity index (χ1n) is 10.0. The topological polar surface area (TPSA) is 81.2 Å². The summed E-state index contributed by atoms with van der Waals surface area (Å²) in [7, 11) is 0. The Bertz CT molecular complexity index is 1290. The second kappa shape index (κ2) is 8.28. The van der Waals surface area contributed by atoms with Crippen molar-refractivity contribution in [2.45, 2.75) is 12.8 Å². The molecule has 0 fully saturated rings. The zero-order chi connectivity index (χ0) is 21.0. The van der Waals surface area contributed by atoms with Crippen molar-refractivity contribution in [2.24, 2.45) is 0 Å². The van der Waals surface area contributed by atoms with Crippen LogP contribution in [0, 0.1) is 0 Å². The lowest BCUT2D eigenvalue weighted by atomic mass is 10.2. The number of carbonyl (C=O) groups excluding carboxylic acids is 1. The number of oxazole rings is 2. The first-order valence-corrected chi connectivity index (χ1v) is 10.0. The molecule has 0 radical (unpaired) electrons. The summed E-state index contributed by atoms with van der Waals surface area (Å²) in [6, 6.07) is 24.8. The van der Waals surface area contributed by atoms with Gasteiger partial charge in [-0.2, -0.15) is 0 Å². The maximum absolute atomic E-state index is 12.3. The van der Waals surface area contributed by atoms with E-state index in [9.17, 15) is 4.79 Å². The van der Waals surface area contributed by atoms with Crippen molar-refractivity contribution in [3.63, 3.8) is 0 Å². The van der Waals surface area contributed by atoms with E-state index in [2.05, 4.69) is 15.3 Å². The molecule has 5 aromatic rings. The third-order valence-electron chi connectivity index (χ3n) is 4.89. The second-order valence-electron chi connectivity index (χ2n) is 7.10. The largest absolute Gasteiger partial charge is 0.441 e. The van der Waals surface area contributed by atoms with E-state index in [0.29, 0.717) is 29.6 Å². The molecule has 0 atom stereocenters. The summed E-state index contributed by atoms with van der Waals surface area (Å²) >= 11 is 0. The van der Waals surface area contributed by atoms with Crippen LogP contribution in [0.15, 0.2) is 93.9 Å². The number of amides is 1. The van der Waals surface area contributed by atoms with Crippen LogP contribution in [0.2, 0.25) is 0 Å². The Kier molecular flexibility index (Phi) is 5.02. The van der Waals surface area contributed by atoms with Crippen LogP contribution in [0.5, 0.6) is 0 Å². The number of hydrogen-bond acceptors (Lipinski definition) is 5. The van der Waals surface area contributed by atoms with Crippen molar-refractivity contribution in [3.8, 4) is 22.8 Å². The highest BCUT2D eigenvalue weighted by molar-refractivity contribution is 5.91. The number of para-hydroxylation sites is 2. The van der Waals surface area contributed by atoms with Gasteiger partial charge in [0.15, 0.2) is 17.2 Å². The lowest BCUT2D eigenvalue weighted by Crippen LogP contribution is -2.12. The molecular formula is C25H19N3O3. The Morgan fingerprint density at radius 3 is 2.42 bits per heavy atom. The van der Waals surface area contributed by atoms with E-state index >= 15 is 0 Å². The number of aryl methyl sites for hydroxylation is 1. The fourth-order valence-electron chi connectivity index (χ4n) is 3.30. The van der Waals surface area contributed by atoms with Crippen LogP contribution in [-0.2, 0) is 11.2 Å². The summed E-state index contributed by atoms with van der Waals surface area (Å²) in [5.74, 6) is 1.69. The molecule has 0 bridgehead atoms. The Morgan fingerprint density at radius 1 is 0.839 bits per heavy atom. The summed E-state index contributed by atoms with van der Waals surface area (Å²) in [5.41, 5.74) is 4.09. The SMILES string of the molecule is O=C(CCc1ncc(-c2ccccc2)o1)Nc1ccc(-c2nc3ccccc3o2)cc1. The number of nitrogens with one attached hydrogen (secondary N) is 1. The summed E-state index contributed by atoms with van der Waals surface area (Å²) in [6.07, 6.45) is 2.40. The van der Waals surface area contributed by atoms with Gasteiger partial charge >= 0.3 is 0 Å². The van der Waals surface area contributed by atoms with Gasteiger partial charge in [0, 0.05) is 29.7 Å². The standard InChI is InChI=1S/C25H19N3O3/c29-23(14-15-24-26-16-22(30-24)17-6-2-1-3-7-17)27-19-12-10-18(11-13-19)25-28-20-8-4-5-9-21(20)31-25/h1-13,16H,14-15H2,(H,27,29). The maximum Gasteiger partial charge on any atom is 0.227 e. The van der Waals surface area contributed by atoms with Crippen LogP contribution in [-0.4, -0.2) is 15.9 Å². The molecule has 152 valence electrons. The van der Waals surface area contributed by atoms with Crippen LogP contribution in [0.3, 0.4) is 0 Å². The van der Waals surface area contributed by atoms with Gasteiger partial charge in [-0.05, 0) is 36.4 Å². The molecule has 31 heavy (non-hydrogen) atoms. The minimum Gasteiger partial charge on any atom is -0.441 e. The molecule has 1 N–H and O–H groups in total. The van der Waals surface area contributed by atoms with Gasteiger partial charge in [0.25, 0.3) is 0 Å². The Morgan fingerprint density at radius 2 is 1.61 bits per heavy atom. The van der Waals surface area contributed by atoms with Gasteiger partial charge in [0.05, 0.1) is 6.20 Å². The molecule has 3 aromatic carbocycles. The molecule has 0 spiro atoms. The number of benzene rings is 3. The number of anilines is 1. The summed E-state index contributed by atoms with van der Waals surface area (Å²) in [4.78, 5) is 21.1. The van der Waals surface area contributed by atoms with Crippen molar-refractivity contribution >= 4 is 22.7 Å². The molecule has 0 unspecified atom stereocenters. The maximum atomic E-state index is 12.3. The van der Waals surface area contributed by atoms with Crippen molar-refractivity contribution < 1.29 is 13.6 Å². The molecule has 0 aliphatic rings. The number of aromatic nitrogens is 2. The van der Waals surface area contributed by atoms with E-state index in [4.69, 9.17) is 8.83 Å². The quantitative estimate of drug-likeness (QED) is 0.388. The van der Waals surface area contributed by atoms with E-state index in [1.165, 1.54) is 0 Å². The van der Waals surface area contributed by atoms with Gasteiger partial charge in [-0.15, -0.1) is 0 Å². The predicted octanol–water partition coefficient (Wildman–Crippen LogP) is 5.72. The third kappa shape index (κ3) is 4.23. The number of nitrogens with zero attached hydrogens (tertiary/aromatic N) is 2. The molecule has 6 heteroatoms. The van der Waals surface area contributed by atoms with Crippen molar-refractivity contribution in [1.82, 2.24) is 9.97 Å². The minimum absolute atomic E-state index is 0.103. The van der Waals surface area contributed by atoms with Gasteiger partial charge in [-0.1, -0.05) is 42.5 Å². The first-order chi connectivity index (χ1) is 15.2. The first kappa shape index (κ1) is 18.8.